The summed E-state index contributed by atoms with van der Waals surface area (Å²) in [5, 5.41) is 3.65. The number of aromatic nitrogens is 2. The maximum atomic E-state index is 13.0. The summed E-state index contributed by atoms with van der Waals surface area (Å²) >= 11 is 0. The zero-order chi connectivity index (χ0) is 17.3. The van der Waals surface area contributed by atoms with Crippen LogP contribution in [0.4, 0.5) is 19.0 Å². The van der Waals surface area contributed by atoms with E-state index in [1.807, 2.05) is 32.8 Å². The second kappa shape index (κ2) is 6.31. The topological polar surface area (TPSA) is 41.0 Å². The minimum Gasteiger partial charge on any atom is -0.369 e. The molecule has 7 heteroatoms. The van der Waals surface area contributed by atoms with Gasteiger partial charge in [-0.2, -0.15) is 13.2 Å². The Labute approximate surface area is 133 Å². The zero-order valence-corrected chi connectivity index (χ0v) is 13.7. The number of nitrogens with zero attached hydrogens (tertiary/aromatic N) is 3. The summed E-state index contributed by atoms with van der Waals surface area (Å²) in [7, 11) is 3.92. The first-order valence-electron chi connectivity index (χ1n) is 7.31. The van der Waals surface area contributed by atoms with Crippen LogP contribution in [-0.2, 0) is 6.18 Å². The van der Waals surface area contributed by atoms with E-state index in [9.17, 15) is 13.2 Å². The standard InChI is InChI=1S/C16H21F3N4/c1-15(2,10-23(3)4)9-20-13-11-7-5-6-8-12(11)21-14(22-13)16(17,18)19/h5-8H,9-10H2,1-4H3,(H,20,21,22). The second-order valence-electron chi connectivity index (χ2n) is 6.67. The molecule has 2 rings (SSSR count). The molecule has 1 N–H and O–H groups in total. The Morgan fingerprint density at radius 1 is 1.09 bits per heavy atom. The molecule has 126 valence electrons. The SMILES string of the molecule is CN(C)CC(C)(C)CNc1nc(C(F)(F)F)nc2ccccc12. The quantitative estimate of drug-likeness (QED) is 0.911. The van der Waals surface area contributed by atoms with Crippen LogP contribution in [0.2, 0.25) is 0 Å². The molecule has 0 saturated heterocycles. The predicted molar refractivity (Wildman–Crippen MR) is 85.4 cm³/mol. The number of rotatable bonds is 5. The fourth-order valence-corrected chi connectivity index (χ4v) is 2.57. The number of hydrogen-bond donors (Lipinski definition) is 1. The molecule has 2 aromatic rings. The van der Waals surface area contributed by atoms with Crippen LogP contribution in [0.15, 0.2) is 24.3 Å². The van der Waals surface area contributed by atoms with Crippen LogP contribution in [-0.4, -0.2) is 42.1 Å². The molecule has 0 amide bonds. The number of anilines is 1. The van der Waals surface area contributed by atoms with E-state index in [1.54, 1.807) is 24.3 Å². The van der Waals surface area contributed by atoms with Gasteiger partial charge in [-0.3, -0.25) is 0 Å². The Kier molecular flexibility index (Phi) is 4.79. The highest BCUT2D eigenvalue weighted by Crippen LogP contribution is 2.30. The Morgan fingerprint density at radius 2 is 1.74 bits per heavy atom. The third-order valence-electron chi connectivity index (χ3n) is 3.34. The molecule has 0 atom stereocenters. The van der Waals surface area contributed by atoms with Crippen molar-refractivity contribution in [2.24, 2.45) is 5.41 Å². The normalized spacial score (nSPS) is 12.9. The smallest absolute Gasteiger partial charge is 0.369 e. The lowest BCUT2D eigenvalue weighted by atomic mass is 9.93. The van der Waals surface area contributed by atoms with Crippen molar-refractivity contribution >= 4 is 16.7 Å². The number of benzene rings is 1. The fourth-order valence-electron chi connectivity index (χ4n) is 2.57. The zero-order valence-electron chi connectivity index (χ0n) is 13.7. The largest absolute Gasteiger partial charge is 0.451 e. The van der Waals surface area contributed by atoms with Crippen molar-refractivity contribution in [2.75, 3.05) is 32.5 Å². The van der Waals surface area contributed by atoms with E-state index in [1.165, 1.54) is 0 Å². The molecule has 0 spiro atoms. The highest BCUT2D eigenvalue weighted by atomic mass is 19.4. The summed E-state index contributed by atoms with van der Waals surface area (Å²) < 4.78 is 38.9. The Hall–Kier alpha value is -1.89. The van der Waals surface area contributed by atoms with Gasteiger partial charge in [0.2, 0.25) is 5.82 Å². The third-order valence-corrected chi connectivity index (χ3v) is 3.34. The van der Waals surface area contributed by atoms with Crippen LogP contribution in [0, 0.1) is 5.41 Å². The molecule has 0 fully saturated rings. The summed E-state index contributed by atoms with van der Waals surface area (Å²) in [4.78, 5) is 9.35. The predicted octanol–water partition coefficient (Wildman–Crippen LogP) is 3.65. The van der Waals surface area contributed by atoms with E-state index in [0.717, 1.165) is 6.54 Å². The van der Waals surface area contributed by atoms with E-state index in [0.29, 0.717) is 11.9 Å². The average molecular weight is 326 g/mol. The molecule has 0 saturated carbocycles. The van der Waals surface area contributed by atoms with Gasteiger partial charge in [0.05, 0.1) is 5.52 Å². The minimum atomic E-state index is -4.57. The third kappa shape index (κ3) is 4.54. The molecule has 1 aromatic heterocycles. The van der Waals surface area contributed by atoms with Crippen LogP contribution in [0.1, 0.15) is 19.7 Å². The molecule has 4 nitrogen and oxygen atoms in total. The van der Waals surface area contributed by atoms with Crippen LogP contribution in [0.3, 0.4) is 0 Å². The lowest BCUT2D eigenvalue weighted by molar-refractivity contribution is -0.144. The molecule has 1 heterocycles. The van der Waals surface area contributed by atoms with E-state index in [-0.39, 0.29) is 16.7 Å². The number of para-hydroxylation sites is 1. The minimum absolute atomic E-state index is 0.117. The van der Waals surface area contributed by atoms with Crippen LogP contribution < -0.4 is 5.32 Å². The highest BCUT2D eigenvalue weighted by Gasteiger charge is 2.35. The van der Waals surface area contributed by atoms with Gasteiger partial charge in [0.1, 0.15) is 5.82 Å². The van der Waals surface area contributed by atoms with Crippen molar-refractivity contribution in [1.82, 2.24) is 14.9 Å². The van der Waals surface area contributed by atoms with Gasteiger partial charge in [0.25, 0.3) is 0 Å². The van der Waals surface area contributed by atoms with Gasteiger partial charge in [0, 0.05) is 18.5 Å². The molecule has 0 aliphatic rings. The molecule has 0 unspecified atom stereocenters. The molecule has 0 aliphatic carbocycles. The average Bonchev–Trinajstić information content (AvgIpc) is 2.42. The maximum Gasteiger partial charge on any atom is 0.451 e. The number of alkyl halides is 3. The molecule has 0 aliphatic heterocycles. The molecule has 1 aromatic carbocycles. The Morgan fingerprint density at radius 3 is 2.35 bits per heavy atom. The number of nitrogens with one attached hydrogen (secondary N) is 1. The number of hydrogen-bond acceptors (Lipinski definition) is 4. The van der Waals surface area contributed by atoms with E-state index < -0.39 is 12.0 Å². The Bertz CT molecular complexity index is 681. The maximum absolute atomic E-state index is 13.0. The van der Waals surface area contributed by atoms with Gasteiger partial charge in [-0.15, -0.1) is 0 Å². The highest BCUT2D eigenvalue weighted by molar-refractivity contribution is 5.89. The monoisotopic (exact) mass is 326 g/mol. The summed E-state index contributed by atoms with van der Waals surface area (Å²) in [6.45, 7) is 5.40. The number of halogens is 3. The first-order valence-corrected chi connectivity index (χ1v) is 7.31. The van der Waals surface area contributed by atoms with E-state index >= 15 is 0 Å². The van der Waals surface area contributed by atoms with Gasteiger partial charge in [-0.1, -0.05) is 26.0 Å². The molecule has 0 radical (unpaired) electrons. The lowest BCUT2D eigenvalue weighted by Gasteiger charge is -2.29. The first-order chi connectivity index (χ1) is 10.6. The van der Waals surface area contributed by atoms with Crippen molar-refractivity contribution in [3.63, 3.8) is 0 Å². The van der Waals surface area contributed by atoms with Gasteiger partial charge in [0.15, 0.2) is 0 Å². The van der Waals surface area contributed by atoms with Crippen molar-refractivity contribution in [1.29, 1.82) is 0 Å². The lowest BCUT2D eigenvalue weighted by Crippen LogP contribution is -2.34. The van der Waals surface area contributed by atoms with Crippen LogP contribution >= 0.6 is 0 Å². The fraction of sp³-hybridized carbons (Fsp3) is 0.500. The summed E-state index contributed by atoms with van der Waals surface area (Å²) in [5.41, 5.74) is 0.163. The van der Waals surface area contributed by atoms with Gasteiger partial charge in [-0.25, -0.2) is 9.97 Å². The van der Waals surface area contributed by atoms with Crippen molar-refractivity contribution in [3.05, 3.63) is 30.1 Å². The van der Waals surface area contributed by atoms with E-state index in [2.05, 4.69) is 15.3 Å². The molecule has 0 bridgehead atoms. The van der Waals surface area contributed by atoms with Gasteiger partial charge in [-0.05, 0) is 31.6 Å². The van der Waals surface area contributed by atoms with Crippen molar-refractivity contribution < 1.29 is 13.2 Å². The second-order valence-corrected chi connectivity index (χ2v) is 6.67. The summed E-state index contributed by atoms with van der Waals surface area (Å²) in [6, 6.07) is 6.70. The van der Waals surface area contributed by atoms with Gasteiger partial charge < -0.3 is 10.2 Å². The van der Waals surface area contributed by atoms with Crippen molar-refractivity contribution in [2.45, 2.75) is 20.0 Å². The molecular formula is C16H21F3N4. The Balaban J connectivity index is 2.35. The summed E-state index contributed by atoms with van der Waals surface area (Å²) in [5.74, 6) is -0.904. The van der Waals surface area contributed by atoms with Crippen LogP contribution in [0.25, 0.3) is 10.9 Å². The van der Waals surface area contributed by atoms with Gasteiger partial charge >= 0.3 is 6.18 Å². The summed E-state index contributed by atoms with van der Waals surface area (Å²) in [6.07, 6.45) is -4.57. The van der Waals surface area contributed by atoms with Crippen LogP contribution in [0.5, 0.6) is 0 Å². The molecular weight excluding hydrogens is 305 g/mol. The van der Waals surface area contributed by atoms with Crippen molar-refractivity contribution in [3.8, 4) is 0 Å². The number of fused-ring (bicyclic) bond motifs is 1. The van der Waals surface area contributed by atoms with E-state index in [4.69, 9.17) is 0 Å². The molecule has 23 heavy (non-hydrogen) atoms. The first kappa shape index (κ1) is 17.5.